The molecular formula is C17H18ClN3O3. The minimum Gasteiger partial charge on any atom is -0.423 e. The topological polar surface area (TPSA) is 81.2 Å². The second-order valence-corrected chi connectivity index (χ2v) is 5.75. The summed E-state index contributed by atoms with van der Waals surface area (Å²) in [7, 11) is 0. The molecule has 2 aromatic rings. The average Bonchev–Trinajstić information content (AvgIpc) is 2.50. The van der Waals surface area contributed by atoms with Crippen LogP contribution < -0.4 is 10.1 Å². The van der Waals surface area contributed by atoms with Crippen LogP contribution in [0.15, 0.2) is 24.3 Å². The van der Waals surface area contributed by atoms with Crippen LogP contribution in [0.5, 0.6) is 5.75 Å². The normalized spacial score (nSPS) is 10.3. The van der Waals surface area contributed by atoms with E-state index in [1.165, 1.54) is 6.92 Å². The summed E-state index contributed by atoms with van der Waals surface area (Å²) in [6, 6.07) is 7.35. The molecule has 0 radical (unpaired) electrons. The molecule has 1 amide bonds. The van der Waals surface area contributed by atoms with Crippen LogP contribution in [0.1, 0.15) is 30.3 Å². The Morgan fingerprint density at radius 3 is 2.25 bits per heavy atom. The van der Waals surface area contributed by atoms with Crippen LogP contribution in [0.25, 0.3) is 0 Å². The minimum atomic E-state index is -0.440. The number of carbonyl (C=O) groups excluding carboxylic acids is 2. The maximum Gasteiger partial charge on any atom is 0.308 e. The van der Waals surface area contributed by atoms with Crippen LogP contribution in [0.4, 0.5) is 5.95 Å². The maximum absolute atomic E-state index is 12.0. The molecule has 0 fully saturated rings. The number of esters is 1. The number of ether oxygens (including phenoxy) is 1. The molecule has 0 unspecified atom stereocenters. The quantitative estimate of drug-likeness (QED) is 0.840. The zero-order chi connectivity index (χ0) is 17.7. The number of benzene rings is 1. The van der Waals surface area contributed by atoms with Gasteiger partial charge < -0.3 is 4.74 Å². The largest absolute Gasteiger partial charge is 0.423 e. The first kappa shape index (κ1) is 17.9. The van der Waals surface area contributed by atoms with E-state index in [1.54, 1.807) is 26.0 Å². The molecule has 0 saturated heterocycles. The van der Waals surface area contributed by atoms with E-state index in [0.717, 1.165) is 5.56 Å². The number of rotatable bonds is 5. The number of anilines is 1. The molecule has 6 nitrogen and oxygen atoms in total. The number of hydrogen-bond donors (Lipinski definition) is 1. The van der Waals surface area contributed by atoms with Gasteiger partial charge in [0.25, 0.3) is 0 Å². The first-order chi connectivity index (χ1) is 11.3. The van der Waals surface area contributed by atoms with Gasteiger partial charge in [-0.25, -0.2) is 9.97 Å². The lowest BCUT2D eigenvalue weighted by Crippen LogP contribution is -2.16. The second kappa shape index (κ2) is 7.88. The number of halogens is 1. The van der Waals surface area contributed by atoms with Crippen molar-refractivity contribution in [3.8, 4) is 5.75 Å². The summed E-state index contributed by atoms with van der Waals surface area (Å²) >= 11 is 5.83. The molecule has 1 aromatic carbocycles. The first-order valence-corrected chi connectivity index (χ1v) is 7.81. The van der Waals surface area contributed by atoms with Crippen LogP contribution in [0, 0.1) is 13.8 Å². The predicted octanol–water partition coefficient (Wildman–Crippen LogP) is 3.24. The van der Waals surface area contributed by atoms with Gasteiger partial charge in [-0.05, 0) is 38.0 Å². The molecule has 7 heteroatoms. The fourth-order valence-electron chi connectivity index (χ4n) is 2.15. The van der Waals surface area contributed by atoms with E-state index < -0.39 is 5.97 Å². The molecule has 1 N–H and O–H groups in total. The summed E-state index contributed by atoms with van der Waals surface area (Å²) in [5, 5.41) is 3.32. The van der Waals surface area contributed by atoms with Crippen molar-refractivity contribution in [2.75, 3.05) is 5.32 Å². The van der Waals surface area contributed by atoms with Crippen molar-refractivity contribution < 1.29 is 14.3 Å². The smallest absolute Gasteiger partial charge is 0.308 e. The van der Waals surface area contributed by atoms with Crippen LogP contribution in [0.3, 0.4) is 0 Å². The molecule has 0 saturated carbocycles. The Bertz CT molecular complexity index is 737. The van der Waals surface area contributed by atoms with Gasteiger partial charge >= 0.3 is 5.97 Å². The molecular weight excluding hydrogens is 330 g/mol. The summed E-state index contributed by atoms with van der Waals surface area (Å²) in [4.78, 5) is 31.4. The Hall–Kier alpha value is -2.47. The summed E-state index contributed by atoms with van der Waals surface area (Å²) in [6.07, 6.45) is 0.890. The first-order valence-electron chi connectivity index (χ1n) is 7.43. The van der Waals surface area contributed by atoms with Crippen molar-refractivity contribution in [1.82, 2.24) is 9.97 Å². The van der Waals surface area contributed by atoms with E-state index in [9.17, 15) is 9.59 Å². The second-order valence-electron chi connectivity index (χ2n) is 5.32. The molecule has 0 aliphatic heterocycles. The zero-order valence-electron chi connectivity index (χ0n) is 13.7. The number of aromatic nitrogens is 2. The molecule has 24 heavy (non-hydrogen) atoms. The Labute approximate surface area is 145 Å². The summed E-state index contributed by atoms with van der Waals surface area (Å²) in [6.45, 7) is 4.69. The maximum atomic E-state index is 12.0. The molecule has 1 heterocycles. The standard InChI is InChI=1S/C17H18ClN3O3/c1-10-16(24-12(3)22)11(2)20-17(19-10)21-15(23)9-6-13-4-7-14(18)8-5-13/h4-5,7-8H,6,9H2,1-3H3,(H,19,20,21,23). The van der Waals surface area contributed by atoms with Crippen LogP contribution in [-0.2, 0) is 16.0 Å². The highest BCUT2D eigenvalue weighted by molar-refractivity contribution is 6.30. The van der Waals surface area contributed by atoms with E-state index in [2.05, 4.69) is 15.3 Å². The van der Waals surface area contributed by atoms with Crippen molar-refractivity contribution in [3.05, 3.63) is 46.2 Å². The number of carbonyl (C=O) groups is 2. The third-order valence-corrected chi connectivity index (χ3v) is 3.51. The predicted molar refractivity (Wildman–Crippen MR) is 91.2 cm³/mol. The summed E-state index contributed by atoms with van der Waals surface area (Å²) in [5.74, 6) is -0.114. The van der Waals surface area contributed by atoms with Crippen molar-refractivity contribution in [2.24, 2.45) is 0 Å². The van der Waals surface area contributed by atoms with Gasteiger partial charge in [-0.2, -0.15) is 0 Å². The van der Waals surface area contributed by atoms with Crippen LogP contribution in [-0.4, -0.2) is 21.8 Å². The van der Waals surface area contributed by atoms with Crippen molar-refractivity contribution in [2.45, 2.75) is 33.6 Å². The van der Waals surface area contributed by atoms with Crippen molar-refractivity contribution in [1.29, 1.82) is 0 Å². The van der Waals surface area contributed by atoms with Gasteiger partial charge in [-0.15, -0.1) is 0 Å². The molecule has 1 aromatic heterocycles. The lowest BCUT2D eigenvalue weighted by atomic mass is 10.1. The zero-order valence-corrected chi connectivity index (χ0v) is 14.5. The van der Waals surface area contributed by atoms with E-state index >= 15 is 0 Å². The monoisotopic (exact) mass is 347 g/mol. The number of amides is 1. The Morgan fingerprint density at radius 2 is 1.71 bits per heavy atom. The third-order valence-electron chi connectivity index (χ3n) is 3.26. The van der Waals surface area contributed by atoms with Crippen molar-refractivity contribution in [3.63, 3.8) is 0 Å². The molecule has 0 atom stereocenters. The molecule has 126 valence electrons. The fraction of sp³-hybridized carbons (Fsp3) is 0.294. The average molecular weight is 348 g/mol. The van der Waals surface area contributed by atoms with Gasteiger partial charge in [0.05, 0.1) is 11.4 Å². The SMILES string of the molecule is CC(=O)Oc1c(C)nc(NC(=O)CCc2ccc(Cl)cc2)nc1C. The lowest BCUT2D eigenvalue weighted by molar-refractivity contribution is -0.132. The number of hydrogen-bond acceptors (Lipinski definition) is 5. The van der Waals surface area contributed by atoms with E-state index in [0.29, 0.717) is 35.0 Å². The van der Waals surface area contributed by atoms with Gasteiger partial charge in [0.1, 0.15) is 0 Å². The third kappa shape index (κ3) is 5.03. The highest BCUT2D eigenvalue weighted by Gasteiger charge is 2.13. The van der Waals surface area contributed by atoms with E-state index in [-0.39, 0.29) is 11.9 Å². The van der Waals surface area contributed by atoms with Crippen LogP contribution in [0.2, 0.25) is 5.02 Å². The molecule has 0 spiro atoms. The molecule has 2 rings (SSSR count). The fourth-order valence-corrected chi connectivity index (χ4v) is 2.28. The van der Waals surface area contributed by atoms with Gasteiger partial charge in [0.2, 0.25) is 11.9 Å². The Balaban J connectivity index is 1.98. The minimum absolute atomic E-state index is 0.191. The molecule has 0 aliphatic carbocycles. The van der Waals surface area contributed by atoms with Gasteiger partial charge in [-0.1, -0.05) is 23.7 Å². The highest BCUT2D eigenvalue weighted by Crippen LogP contribution is 2.21. The van der Waals surface area contributed by atoms with E-state index in [4.69, 9.17) is 16.3 Å². The number of aryl methyl sites for hydroxylation is 3. The number of nitrogens with zero attached hydrogens (tertiary/aromatic N) is 2. The summed E-state index contributed by atoms with van der Waals surface area (Å²) in [5.41, 5.74) is 2.00. The van der Waals surface area contributed by atoms with E-state index in [1.807, 2.05) is 12.1 Å². The molecule has 0 aliphatic rings. The van der Waals surface area contributed by atoms with Crippen LogP contribution >= 0.6 is 11.6 Å². The summed E-state index contributed by atoms with van der Waals surface area (Å²) < 4.78 is 5.06. The van der Waals surface area contributed by atoms with Gasteiger partial charge in [-0.3, -0.25) is 14.9 Å². The molecule has 0 bridgehead atoms. The Kier molecular flexibility index (Phi) is 5.87. The highest BCUT2D eigenvalue weighted by atomic mass is 35.5. The number of nitrogens with one attached hydrogen (secondary N) is 1. The van der Waals surface area contributed by atoms with Gasteiger partial charge in [0.15, 0.2) is 5.75 Å². The lowest BCUT2D eigenvalue weighted by Gasteiger charge is -2.10. The van der Waals surface area contributed by atoms with Crippen molar-refractivity contribution >= 4 is 29.4 Å². The van der Waals surface area contributed by atoms with Gasteiger partial charge in [0, 0.05) is 18.4 Å². The Morgan fingerprint density at radius 1 is 1.12 bits per heavy atom.